The van der Waals surface area contributed by atoms with Crippen LogP contribution in [0.4, 0.5) is 0 Å². The van der Waals surface area contributed by atoms with E-state index in [1.165, 1.54) is 45.1 Å². The predicted octanol–water partition coefficient (Wildman–Crippen LogP) is 2.91. The van der Waals surface area contributed by atoms with Gasteiger partial charge in [-0.05, 0) is 82.6 Å². The van der Waals surface area contributed by atoms with Crippen LogP contribution in [0.5, 0.6) is 0 Å². The molecule has 4 aliphatic carbocycles. The molecule has 4 aliphatic rings. The van der Waals surface area contributed by atoms with Gasteiger partial charge in [0.25, 0.3) is 0 Å². The second-order valence-corrected chi connectivity index (χ2v) is 8.24. The van der Waals surface area contributed by atoms with Gasteiger partial charge in [0.2, 0.25) is 0 Å². The third-order valence-corrected chi connectivity index (χ3v) is 6.16. The second kappa shape index (κ2) is 4.21. The number of hydrogen-bond acceptors (Lipinski definition) is 2. The lowest BCUT2D eigenvalue weighted by molar-refractivity contribution is -0.0814. The molecule has 0 atom stereocenters. The Morgan fingerprint density at radius 1 is 1.06 bits per heavy atom. The fraction of sp³-hybridized carbons (Fsp3) is 1.00. The number of rotatable bonds is 4. The predicted molar refractivity (Wildman–Crippen MR) is 74.4 cm³/mol. The minimum absolute atomic E-state index is 0.0661. The first kappa shape index (κ1) is 12.9. The molecule has 0 radical (unpaired) electrons. The highest BCUT2D eigenvalue weighted by Crippen LogP contribution is 2.60. The molecule has 18 heavy (non-hydrogen) atoms. The lowest BCUT2D eigenvalue weighted by Crippen LogP contribution is -2.55. The van der Waals surface area contributed by atoms with E-state index >= 15 is 0 Å². The molecule has 1 N–H and O–H groups in total. The molecule has 2 heteroatoms. The molecule has 104 valence electrons. The molecule has 0 aromatic carbocycles. The Balaban J connectivity index is 1.72. The Morgan fingerprint density at radius 2 is 1.50 bits per heavy atom. The van der Waals surface area contributed by atoms with Crippen LogP contribution < -0.4 is 0 Å². The summed E-state index contributed by atoms with van der Waals surface area (Å²) in [6.07, 6.45) is 8.95. The molecular formula is C16H29NO. The Hall–Kier alpha value is -0.0800. The van der Waals surface area contributed by atoms with Gasteiger partial charge in [0.1, 0.15) is 0 Å². The molecule has 0 unspecified atom stereocenters. The highest BCUT2D eigenvalue weighted by molar-refractivity contribution is 5.03. The molecule has 0 heterocycles. The van der Waals surface area contributed by atoms with Crippen molar-refractivity contribution in [2.24, 2.45) is 23.2 Å². The summed E-state index contributed by atoms with van der Waals surface area (Å²) in [5, 5.41) is 9.54. The lowest BCUT2D eigenvalue weighted by atomic mass is 9.49. The van der Waals surface area contributed by atoms with Crippen LogP contribution in [0, 0.1) is 23.2 Å². The van der Waals surface area contributed by atoms with Crippen molar-refractivity contribution in [3.8, 4) is 0 Å². The third kappa shape index (κ3) is 2.12. The molecule has 0 saturated heterocycles. The van der Waals surface area contributed by atoms with Crippen LogP contribution in [0.25, 0.3) is 0 Å². The quantitative estimate of drug-likeness (QED) is 0.830. The van der Waals surface area contributed by atoms with Gasteiger partial charge in [0, 0.05) is 12.1 Å². The zero-order valence-corrected chi connectivity index (χ0v) is 12.3. The molecule has 0 amide bonds. The summed E-state index contributed by atoms with van der Waals surface area (Å²) in [6, 6.07) is 0. The number of likely N-dealkylation sites (N-methyl/N-ethyl adjacent to an activating group) is 1. The first-order valence-corrected chi connectivity index (χ1v) is 7.75. The van der Waals surface area contributed by atoms with Crippen molar-refractivity contribution >= 4 is 0 Å². The highest BCUT2D eigenvalue weighted by atomic mass is 16.3. The summed E-state index contributed by atoms with van der Waals surface area (Å²) in [7, 11) is 2.20. The van der Waals surface area contributed by atoms with Gasteiger partial charge >= 0.3 is 0 Å². The fourth-order valence-corrected chi connectivity index (χ4v) is 5.32. The Labute approximate surface area is 112 Å². The van der Waals surface area contributed by atoms with E-state index in [0.717, 1.165) is 17.8 Å². The summed E-state index contributed by atoms with van der Waals surface area (Å²) >= 11 is 0. The van der Waals surface area contributed by atoms with E-state index < -0.39 is 0 Å². The van der Waals surface area contributed by atoms with Crippen LogP contribution in [-0.4, -0.2) is 35.7 Å². The van der Waals surface area contributed by atoms with Gasteiger partial charge < -0.3 is 5.11 Å². The largest absolute Gasteiger partial charge is 0.394 e. The maximum absolute atomic E-state index is 9.54. The Kier molecular flexibility index (Phi) is 3.02. The summed E-state index contributed by atoms with van der Waals surface area (Å²) in [5.41, 5.74) is 0.527. The standard InChI is InChI=1S/C16H29NO/c1-15(2,11-18)17(3)10-16-7-12-4-13(8-16)6-14(5-12)9-16/h12-14,18H,4-11H2,1-3H3. The molecule has 4 saturated carbocycles. The minimum atomic E-state index is -0.0661. The first-order chi connectivity index (χ1) is 8.42. The van der Waals surface area contributed by atoms with E-state index in [1.54, 1.807) is 0 Å². The van der Waals surface area contributed by atoms with E-state index in [1.807, 2.05) is 0 Å². The molecule has 4 rings (SSSR count). The number of nitrogens with zero attached hydrogens (tertiary/aromatic N) is 1. The number of hydrogen-bond donors (Lipinski definition) is 1. The SMILES string of the molecule is CN(CC12CC3CC(CC(C3)C1)C2)C(C)(C)CO. The van der Waals surface area contributed by atoms with E-state index in [-0.39, 0.29) is 12.1 Å². The molecule has 4 fully saturated rings. The van der Waals surface area contributed by atoms with Crippen molar-refractivity contribution in [2.75, 3.05) is 20.2 Å². The highest BCUT2D eigenvalue weighted by Gasteiger charge is 2.51. The van der Waals surface area contributed by atoms with Gasteiger partial charge in [-0.2, -0.15) is 0 Å². The van der Waals surface area contributed by atoms with Gasteiger partial charge in [-0.3, -0.25) is 4.90 Å². The van der Waals surface area contributed by atoms with Crippen LogP contribution in [0.15, 0.2) is 0 Å². The Bertz CT molecular complexity index is 288. The summed E-state index contributed by atoms with van der Waals surface area (Å²) < 4.78 is 0. The summed E-state index contributed by atoms with van der Waals surface area (Å²) in [5.74, 6) is 3.09. The second-order valence-electron chi connectivity index (χ2n) is 8.24. The molecule has 0 aromatic rings. The number of aliphatic hydroxyl groups is 1. The zero-order valence-electron chi connectivity index (χ0n) is 12.3. The molecule has 0 aromatic heterocycles. The summed E-state index contributed by atoms with van der Waals surface area (Å²) in [4.78, 5) is 2.42. The summed E-state index contributed by atoms with van der Waals surface area (Å²) in [6.45, 7) is 5.78. The van der Waals surface area contributed by atoms with Crippen LogP contribution in [0.2, 0.25) is 0 Å². The van der Waals surface area contributed by atoms with E-state index in [9.17, 15) is 5.11 Å². The minimum Gasteiger partial charge on any atom is -0.394 e. The van der Waals surface area contributed by atoms with Gasteiger partial charge in [-0.25, -0.2) is 0 Å². The molecule has 4 bridgehead atoms. The topological polar surface area (TPSA) is 23.5 Å². The van der Waals surface area contributed by atoms with Crippen molar-refractivity contribution in [1.82, 2.24) is 4.90 Å². The molecule has 2 nitrogen and oxygen atoms in total. The molecule has 0 spiro atoms. The van der Waals surface area contributed by atoms with Gasteiger partial charge in [-0.1, -0.05) is 0 Å². The van der Waals surface area contributed by atoms with Crippen molar-refractivity contribution in [1.29, 1.82) is 0 Å². The Morgan fingerprint density at radius 3 is 1.89 bits per heavy atom. The maximum atomic E-state index is 9.54. The monoisotopic (exact) mass is 251 g/mol. The van der Waals surface area contributed by atoms with Crippen molar-refractivity contribution in [3.05, 3.63) is 0 Å². The van der Waals surface area contributed by atoms with Gasteiger partial charge in [-0.15, -0.1) is 0 Å². The van der Waals surface area contributed by atoms with Crippen molar-refractivity contribution in [2.45, 2.75) is 57.9 Å². The average molecular weight is 251 g/mol. The normalized spacial score (nSPS) is 42.8. The van der Waals surface area contributed by atoms with E-state index in [4.69, 9.17) is 0 Å². The third-order valence-electron chi connectivity index (χ3n) is 6.16. The van der Waals surface area contributed by atoms with Crippen LogP contribution in [0.1, 0.15) is 52.4 Å². The van der Waals surface area contributed by atoms with Crippen LogP contribution in [0.3, 0.4) is 0 Å². The van der Waals surface area contributed by atoms with Crippen LogP contribution >= 0.6 is 0 Å². The van der Waals surface area contributed by atoms with Gasteiger partial charge in [0.05, 0.1) is 6.61 Å². The maximum Gasteiger partial charge on any atom is 0.0609 e. The molecular weight excluding hydrogens is 222 g/mol. The van der Waals surface area contributed by atoms with Crippen LogP contribution in [-0.2, 0) is 0 Å². The lowest BCUT2D eigenvalue weighted by Gasteiger charge is -2.58. The zero-order chi connectivity index (χ0) is 13.0. The average Bonchev–Trinajstić information content (AvgIpc) is 2.26. The van der Waals surface area contributed by atoms with E-state index in [2.05, 4.69) is 25.8 Å². The van der Waals surface area contributed by atoms with Crippen molar-refractivity contribution < 1.29 is 5.11 Å². The fourth-order valence-electron chi connectivity index (χ4n) is 5.32. The first-order valence-electron chi connectivity index (χ1n) is 7.75. The molecule has 0 aliphatic heterocycles. The smallest absolute Gasteiger partial charge is 0.0609 e. The van der Waals surface area contributed by atoms with Gasteiger partial charge in [0.15, 0.2) is 0 Å². The van der Waals surface area contributed by atoms with E-state index in [0.29, 0.717) is 5.41 Å². The van der Waals surface area contributed by atoms with Crippen molar-refractivity contribution in [3.63, 3.8) is 0 Å². The number of aliphatic hydroxyl groups excluding tert-OH is 1.